The summed E-state index contributed by atoms with van der Waals surface area (Å²) in [7, 11) is 1.73. The molecule has 178 valence electrons. The van der Waals surface area contributed by atoms with Gasteiger partial charge in [0.1, 0.15) is 17.2 Å². The van der Waals surface area contributed by atoms with E-state index >= 15 is 0 Å². The number of ether oxygens (including phenoxy) is 2. The fourth-order valence-corrected chi connectivity index (χ4v) is 3.50. The third-order valence-corrected chi connectivity index (χ3v) is 5.52. The maximum Gasteiger partial charge on any atom is 0.338 e. The van der Waals surface area contributed by atoms with E-state index in [2.05, 4.69) is 5.32 Å². The van der Waals surface area contributed by atoms with E-state index < -0.39 is 18.0 Å². The first-order valence-electron chi connectivity index (χ1n) is 11.0. The number of para-hydroxylation sites is 2. The lowest BCUT2D eigenvalue weighted by atomic mass is 10.2. The Kier molecular flexibility index (Phi) is 6.82. The molecule has 4 rings (SSSR count). The average Bonchev–Trinajstić information content (AvgIpc) is 3.08. The van der Waals surface area contributed by atoms with Crippen LogP contribution in [0.4, 0.5) is 5.69 Å². The van der Waals surface area contributed by atoms with E-state index in [4.69, 9.17) is 9.47 Å². The maximum atomic E-state index is 13.0. The van der Waals surface area contributed by atoms with Crippen LogP contribution < -0.4 is 15.6 Å². The number of hydrogen-bond acceptors (Lipinski definition) is 5. The highest BCUT2D eigenvalue weighted by molar-refractivity contribution is 5.97. The van der Waals surface area contributed by atoms with Gasteiger partial charge in [-0.2, -0.15) is 0 Å². The van der Waals surface area contributed by atoms with Crippen molar-refractivity contribution in [3.05, 3.63) is 107 Å². The van der Waals surface area contributed by atoms with Crippen molar-refractivity contribution < 1.29 is 19.1 Å². The molecule has 1 aromatic heterocycles. The third-order valence-electron chi connectivity index (χ3n) is 5.52. The van der Waals surface area contributed by atoms with Gasteiger partial charge in [0, 0.05) is 7.05 Å². The van der Waals surface area contributed by atoms with E-state index in [1.165, 1.54) is 11.6 Å². The lowest BCUT2D eigenvalue weighted by molar-refractivity contribution is -0.123. The number of nitrogens with one attached hydrogen (secondary N) is 1. The molecule has 0 fully saturated rings. The first-order valence-corrected chi connectivity index (χ1v) is 11.0. The molecule has 0 radical (unpaired) electrons. The number of carbonyl (C=O) groups is 2. The highest BCUT2D eigenvalue weighted by atomic mass is 16.5. The summed E-state index contributed by atoms with van der Waals surface area (Å²) < 4.78 is 14.2. The highest BCUT2D eigenvalue weighted by Gasteiger charge is 2.23. The van der Waals surface area contributed by atoms with E-state index in [-0.39, 0.29) is 16.8 Å². The van der Waals surface area contributed by atoms with Gasteiger partial charge in [-0.1, -0.05) is 36.4 Å². The predicted octanol–water partition coefficient (Wildman–Crippen LogP) is 4.46. The Hall–Kier alpha value is -4.59. The Balaban J connectivity index is 1.42. The zero-order valence-electron chi connectivity index (χ0n) is 19.6. The monoisotopic (exact) mass is 471 g/mol. The van der Waals surface area contributed by atoms with Crippen molar-refractivity contribution in [1.82, 2.24) is 9.36 Å². The molecule has 0 aliphatic carbocycles. The summed E-state index contributed by atoms with van der Waals surface area (Å²) in [4.78, 5) is 38.3. The molecule has 1 N–H and O–H groups in total. The van der Waals surface area contributed by atoms with E-state index in [0.29, 0.717) is 22.9 Å². The molecule has 1 atom stereocenters. The van der Waals surface area contributed by atoms with Crippen LogP contribution in [0.2, 0.25) is 0 Å². The zero-order chi connectivity index (χ0) is 24.9. The number of amides is 1. The van der Waals surface area contributed by atoms with Crippen molar-refractivity contribution in [3.63, 3.8) is 0 Å². The van der Waals surface area contributed by atoms with Crippen LogP contribution >= 0.6 is 0 Å². The molecule has 8 heteroatoms. The smallest absolute Gasteiger partial charge is 0.338 e. The molecule has 3 aromatic carbocycles. The third kappa shape index (κ3) is 5.16. The van der Waals surface area contributed by atoms with Crippen LogP contribution in [-0.2, 0) is 16.6 Å². The fourth-order valence-electron chi connectivity index (χ4n) is 3.50. The lowest BCUT2D eigenvalue weighted by Crippen LogP contribution is -2.32. The number of hydrogen-bond donors (Lipinski definition) is 1. The SMILES string of the molecule is Cc1c(NC(=O)[C@H](C)OC(=O)c2ccc(Oc3ccccc3)cc2)c(=O)n(-c2ccccc2)n1C. The van der Waals surface area contributed by atoms with Gasteiger partial charge >= 0.3 is 5.97 Å². The van der Waals surface area contributed by atoms with Crippen molar-refractivity contribution in [2.75, 3.05) is 5.32 Å². The topological polar surface area (TPSA) is 91.6 Å². The molecule has 1 amide bonds. The van der Waals surface area contributed by atoms with Crippen molar-refractivity contribution in [1.29, 1.82) is 0 Å². The van der Waals surface area contributed by atoms with Crippen molar-refractivity contribution in [2.24, 2.45) is 7.05 Å². The van der Waals surface area contributed by atoms with Crippen molar-refractivity contribution >= 4 is 17.6 Å². The Bertz CT molecular complexity index is 1390. The molecule has 1 heterocycles. The molecule has 0 saturated heterocycles. The summed E-state index contributed by atoms with van der Waals surface area (Å²) in [5.41, 5.74) is 1.26. The summed E-state index contributed by atoms with van der Waals surface area (Å²) >= 11 is 0. The predicted molar refractivity (Wildman–Crippen MR) is 132 cm³/mol. The van der Waals surface area contributed by atoms with Crippen LogP contribution in [0.25, 0.3) is 5.69 Å². The van der Waals surface area contributed by atoms with E-state index in [9.17, 15) is 14.4 Å². The summed E-state index contributed by atoms with van der Waals surface area (Å²) in [6, 6.07) is 24.8. The second kappa shape index (κ2) is 10.1. The van der Waals surface area contributed by atoms with Crippen LogP contribution in [0.5, 0.6) is 11.5 Å². The molecule has 0 unspecified atom stereocenters. The Labute approximate surface area is 202 Å². The van der Waals surface area contributed by atoms with E-state index in [0.717, 1.165) is 0 Å². The van der Waals surface area contributed by atoms with Gasteiger partial charge in [0.2, 0.25) is 0 Å². The highest BCUT2D eigenvalue weighted by Crippen LogP contribution is 2.21. The second-order valence-electron chi connectivity index (χ2n) is 7.91. The van der Waals surface area contributed by atoms with Crippen LogP contribution in [0.1, 0.15) is 23.0 Å². The van der Waals surface area contributed by atoms with Gasteiger partial charge in [0.25, 0.3) is 11.5 Å². The lowest BCUT2D eigenvalue weighted by Gasteiger charge is -2.13. The number of esters is 1. The average molecular weight is 472 g/mol. The van der Waals surface area contributed by atoms with Crippen molar-refractivity contribution in [3.8, 4) is 17.2 Å². The summed E-state index contributed by atoms with van der Waals surface area (Å²) in [6.07, 6.45) is -1.12. The van der Waals surface area contributed by atoms with Gasteiger partial charge in [0.05, 0.1) is 16.9 Å². The molecule has 0 spiro atoms. The maximum absolute atomic E-state index is 13.0. The van der Waals surface area contributed by atoms with Gasteiger partial charge in [-0.25, -0.2) is 9.48 Å². The van der Waals surface area contributed by atoms with Crippen molar-refractivity contribution in [2.45, 2.75) is 20.0 Å². The first-order chi connectivity index (χ1) is 16.8. The Morgan fingerprint density at radius 1 is 0.857 bits per heavy atom. The number of anilines is 1. The van der Waals surface area contributed by atoms with E-state index in [1.807, 2.05) is 48.5 Å². The van der Waals surface area contributed by atoms with Crippen LogP contribution in [-0.4, -0.2) is 27.3 Å². The van der Waals surface area contributed by atoms with Gasteiger partial charge < -0.3 is 14.8 Å². The number of rotatable bonds is 7. The largest absolute Gasteiger partial charge is 0.457 e. The minimum absolute atomic E-state index is 0.131. The standard InChI is InChI=1S/C27H25N3O5/c1-18-24(26(32)30(29(18)3)21-10-6-4-7-11-21)28-25(31)19(2)34-27(33)20-14-16-23(17-15-20)35-22-12-8-5-9-13-22/h4-17,19H,1-3H3,(H,28,31)/t19-/m0/s1. The molecular weight excluding hydrogens is 446 g/mol. The molecule has 0 bridgehead atoms. The number of aromatic nitrogens is 2. The van der Waals surface area contributed by atoms with Gasteiger partial charge in [-0.3, -0.25) is 14.3 Å². The van der Waals surface area contributed by atoms with Gasteiger partial charge in [-0.05, 0) is 62.4 Å². The van der Waals surface area contributed by atoms with E-state index in [1.54, 1.807) is 55.1 Å². The molecule has 0 aliphatic rings. The zero-order valence-corrected chi connectivity index (χ0v) is 19.6. The molecule has 4 aromatic rings. The second-order valence-corrected chi connectivity index (χ2v) is 7.91. The van der Waals surface area contributed by atoms with Gasteiger partial charge in [0.15, 0.2) is 6.10 Å². The molecule has 8 nitrogen and oxygen atoms in total. The Morgan fingerprint density at radius 2 is 1.43 bits per heavy atom. The minimum Gasteiger partial charge on any atom is -0.457 e. The molecular formula is C27H25N3O5. The fraction of sp³-hybridized carbons (Fsp3) is 0.148. The summed E-state index contributed by atoms with van der Waals surface area (Å²) in [6.45, 7) is 3.18. The number of benzene rings is 3. The minimum atomic E-state index is -1.12. The summed E-state index contributed by atoms with van der Waals surface area (Å²) in [5.74, 6) is -0.0257. The number of nitrogens with zero attached hydrogens (tertiary/aromatic N) is 2. The van der Waals surface area contributed by atoms with Gasteiger partial charge in [-0.15, -0.1) is 0 Å². The normalized spacial score (nSPS) is 11.5. The first kappa shape index (κ1) is 23.6. The quantitative estimate of drug-likeness (QED) is 0.402. The number of carbonyl (C=O) groups excluding carboxylic acids is 2. The van der Waals surface area contributed by atoms with Crippen LogP contribution in [0, 0.1) is 6.92 Å². The molecule has 0 saturated carbocycles. The Morgan fingerprint density at radius 3 is 2.06 bits per heavy atom. The van der Waals surface area contributed by atoms with Crippen LogP contribution in [0.3, 0.4) is 0 Å². The summed E-state index contributed by atoms with van der Waals surface area (Å²) in [5, 5.41) is 2.61. The molecule has 35 heavy (non-hydrogen) atoms. The van der Waals surface area contributed by atoms with Crippen LogP contribution in [0.15, 0.2) is 89.7 Å². The molecule has 0 aliphatic heterocycles.